The Morgan fingerprint density at radius 3 is 2.59 bits per heavy atom. The lowest BCUT2D eigenvalue weighted by molar-refractivity contribution is 0.0694. The fraction of sp³-hybridized carbons (Fsp3) is 0.474. The summed E-state index contributed by atoms with van der Waals surface area (Å²) < 4.78 is 16.9. The van der Waals surface area contributed by atoms with Crippen LogP contribution in [0, 0.1) is 5.82 Å². The molecular formula is C19H23ClFN3O3. The summed E-state index contributed by atoms with van der Waals surface area (Å²) in [4.78, 5) is 28.3. The number of pyridine rings is 1. The van der Waals surface area contributed by atoms with Crippen LogP contribution in [0.3, 0.4) is 0 Å². The topological polar surface area (TPSA) is 65.8 Å². The maximum atomic E-state index is 15.1. The first kappa shape index (κ1) is 19.6. The smallest absolute Gasteiger partial charge is 0.341 e. The number of hydrogen-bond donors (Lipinski definition) is 1. The predicted octanol–water partition coefficient (Wildman–Crippen LogP) is 2.52. The van der Waals surface area contributed by atoms with Gasteiger partial charge in [-0.05, 0) is 33.4 Å². The van der Waals surface area contributed by atoms with Crippen molar-refractivity contribution in [3.05, 3.63) is 39.4 Å². The van der Waals surface area contributed by atoms with E-state index in [9.17, 15) is 14.7 Å². The van der Waals surface area contributed by atoms with Gasteiger partial charge < -0.3 is 19.5 Å². The van der Waals surface area contributed by atoms with E-state index in [1.54, 1.807) is 0 Å². The molecule has 27 heavy (non-hydrogen) atoms. The number of halogens is 2. The number of nitrogens with zero attached hydrogens (tertiary/aromatic N) is 3. The number of aromatic nitrogens is 1. The van der Waals surface area contributed by atoms with Crippen molar-refractivity contribution in [3.63, 3.8) is 0 Å². The van der Waals surface area contributed by atoms with Crippen LogP contribution in [0.2, 0.25) is 0 Å². The van der Waals surface area contributed by atoms with Gasteiger partial charge in [0.05, 0.1) is 11.2 Å². The molecule has 0 spiro atoms. The summed E-state index contributed by atoms with van der Waals surface area (Å²) in [6.45, 7) is 6.37. The van der Waals surface area contributed by atoms with Gasteiger partial charge in [0.25, 0.3) is 0 Å². The molecule has 146 valence electrons. The molecule has 2 aliphatic rings. The highest BCUT2D eigenvalue weighted by Crippen LogP contribution is 2.40. The quantitative estimate of drug-likeness (QED) is 0.846. The molecular weight excluding hydrogens is 373 g/mol. The molecule has 3 heterocycles. The molecule has 0 bridgehead atoms. The first-order valence-electron chi connectivity index (χ1n) is 8.88. The van der Waals surface area contributed by atoms with E-state index < -0.39 is 17.2 Å². The Labute approximate surface area is 162 Å². The zero-order valence-corrected chi connectivity index (χ0v) is 16.3. The van der Waals surface area contributed by atoms with Gasteiger partial charge in [-0.1, -0.05) is 0 Å². The van der Waals surface area contributed by atoms with Crippen LogP contribution in [0.1, 0.15) is 35.8 Å². The maximum absolute atomic E-state index is 15.1. The standard InChI is InChI=1S/C19H22FN3O3.ClH/c1-10-6-12-16-13(18(24)14(19(25)26)9-23(10)16)7-15(20)17(12)22-5-4-21(3)11(2)8-22;/h7,9-11H,4-6,8H2,1-3H3,(H,25,26);1H/t10-,11?;/m0./s1. The molecule has 4 rings (SSSR count). The normalized spacial score (nSPS) is 22.1. The molecule has 2 aromatic rings. The largest absolute Gasteiger partial charge is 0.477 e. The van der Waals surface area contributed by atoms with Crippen LogP contribution in [0.25, 0.3) is 10.9 Å². The first-order valence-corrected chi connectivity index (χ1v) is 8.88. The second-order valence-corrected chi connectivity index (χ2v) is 7.49. The summed E-state index contributed by atoms with van der Waals surface area (Å²) >= 11 is 0. The van der Waals surface area contributed by atoms with Crippen LogP contribution < -0.4 is 10.3 Å². The molecule has 1 aromatic carbocycles. The van der Waals surface area contributed by atoms with Crippen molar-refractivity contribution in [1.29, 1.82) is 0 Å². The Hall–Kier alpha value is -2.12. The monoisotopic (exact) mass is 395 g/mol. The molecule has 1 saturated heterocycles. The van der Waals surface area contributed by atoms with E-state index in [2.05, 4.69) is 23.8 Å². The summed E-state index contributed by atoms with van der Waals surface area (Å²) in [6.07, 6.45) is 2.00. The average molecular weight is 396 g/mol. The van der Waals surface area contributed by atoms with Gasteiger partial charge >= 0.3 is 5.97 Å². The van der Waals surface area contributed by atoms with Crippen LogP contribution in [-0.4, -0.2) is 53.3 Å². The van der Waals surface area contributed by atoms with Crippen molar-refractivity contribution in [2.75, 3.05) is 31.6 Å². The molecule has 1 N–H and O–H groups in total. The Kier molecular flexibility index (Phi) is 4.94. The lowest BCUT2D eigenvalue weighted by Gasteiger charge is -2.39. The van der Waals surface area contributed by atoms with Crippen LogP contribution in [0.5, 0.6) is 0 Å². The third-order valence-corrected chi connectivity index (χ3v) is 5.82. The Morgan fingerprint density at radius 2 is 1.96 bits per heavy atom. The van der Waals surface area contributed by atoms with Crippen molar-refractivity contribution in [2.24, 2.45) is 0 Å². The van der Waals surface area contributed by atoms with Crippen LogP contribution in [0.4, 0.5) is 10.1 Å². The number of piperazine rings is 1. The Morgan fingerprint density at radius 1 is 1.26 bits per heavy atom. The number of likely N-dealkylation sites (N-methyl/N-ethyl adjacent to an activating group) is 1. The number of carboxylic acids is 1. The van der Waals surface area contributed by atoms with Crippen molar-refractivity contribution in [3.8, 4) is 0 Å². The van der Waals surface area contributed by atoms with Crippen molar-refractivity contribution in [2.45, 2.75) is 32.4 Å². The van der Waals surface area contributed by atoms with Crippen molar-refractivity contribution >= 4 is 35.0 Å². The molecule has 2 atom stereocenters. The van der Waals surface area contributed by atoms with E-state index in [1.807, 2.05) is 11.5 Å². The van der Waals surface area contributed by atoms with Gasteiger partial charge in [0, 0.05) is 48.9 Å². The minimum absolute atomic E-state index is 0. The number of rotatable bonds is 2. The molecule has 1 fully saturated rings. The SMILES string of the molecule is CC1CN(c2c(F)cc3c(=O)c(C(=O)O)cn4c3c2C[C@@H]4C)CCN1C.Cl. The summed E-state index contributed by atoms with van der Waals surface area (Å²) in [5.74, 6) is -1.72. The number of aromatic carboxylic acids is 1. The van der Waals surface area contributed by atoms with Crippen LogP contribution in [0.15, 0.2) is 17.1 Å². The van der Waals surface area contributed by atoms with E-state index in [0.717, 1.165) is 25.2 Å². The van der Waals surface area contributed by atoms with Gasteiger partial charge in [0.1, 0.15) is 11.4 Å². The van der Waals surface area contributed by atoms with Gasteiger partial charge in [0.15, 0.2) is 0 Å². The van der Waals surface area contributed by atoms with Gasteiger partial charge in [-0.15, -0.1) is 12.4 Å². The second-order valence-electron chi connectivity index (χ2n) is 7.49. The van der Waals surface area contributed by atoms with E-state index >= 15 is 4.39 Å². The van der Waals surface area contributed by atoms with Gasteiger partial charge in [-0.25, -0.2) is 9.18 Å². The van der Waals surface area contributed by atoms with Gasteiger partial charge in [-0.3, -0.25) is 4.79 Å². The third kappa shape index (κ3) is 2.89. The molecule has 6 nitrogen and oxygen atoms in total. The summed E-state index contributed by atoms with van der Waals surface area (Å²) in [6, 6.07) is 1.51. The van der Waals surface area contributed by atoms with Gasteiger partial charge in [0.2, 0.25) is 5.43 Å². The summed E-state index contributed by atoms with van der Waals surface area (Å²) in [7, 11) is 2.06. The minimum atomic E-state index is -1.28. The Balaban J connectivity index is 0.00000210. The zero-order chi connectivity index (χ0) is 18.7. The first-order chi connectivity index (χ1) is 12.3. The molecule has 0 radical (unpaired) electrons. The van der Waals surface area contributed by atoms with Gasteiger partial charge in [-0.2, -0.15) is 0 Å². The second kappa shape index (κ2) is 6.80. The lowest BCUT2D eigenvalue weighted by atomic mass is 10.0. The summed E-state index contributed by atoms with van der Waals surface area (Å²) in [5.41, 5.74) is 1.14. The number of benzene rings is 1. The number of hydrogen-bond acceptors (Lipinski definition) is 4. The van der Waals surface area contributed by atoms with Crippen molar-refractivity contribution < 1.29 is 14.3 Å². The summed E-state index contributed by atoms with van der Waals surface area (Å²) in [5, 5.41) is 9.47. The molecule has 0 amide bonds. The van der Waals surface area contributed by atoms with E-state index in [0.29, 0.717) is 23.7 Å². The zero-order valence-electron chi connectivity index (χ0n) is 15.5. The molecule has 0 saturated carbocycles. The fourth-order valence-corrected chi connectivity index (χ4v) is 4.24. The third-order valence-electron chi connectivity index (χ3n) is 5.82. The maximum Gasteiger partial charge on any atom is 0.341 e. The predicted molar refractivity (Wildman–Crippen MR) is 105 cm³/mol. The number of carboxylic acid groups (broad SMARTS) is 1. The number of anilines is 1. The highest BCUT2D eigenvalue weighted by atomic mass is 35.5. The average Bonchev–Trinajstić information content (AvgIpc) is 2.90. The molecule has 1 unspecified atom stereocenters. The molecule has 0 aliphatic carbocycles. The minimum Gasteiger partial charge on any atom is -0.477 e. The number of carbonyl (C=O) groups is 1. The Bertz CT molecular complexity index is 991. The molecule has 1 aromatic heterocycles. The van der Waals surface area contributed by atoms with E-state index in [1.165, 1.54) is 12.3 Å². The fourth-order valence-electron chi connectivity index (χ4n) is 4.24. The molecule has 2 aliphatic heterocycles. The highest BCUT2D eigenvalue weighted by molar-refractivity contribution is 5.96. The molecule has 8 heteroatoms. The van der Waals surface area contributed by atoms with E-state index in [4.69, 9.17) is 0 Å². The van der Waals surface area contributed by atoms with E-state index in [-0.39, 0.29) is 29.4 Å². The van der Waals surface area contributed by atoms with Crippen LogP contribution in [-0.2, 0) is 6.42 Å². The lowest BCUT2D eigenvalue weighted by Crippen LogP contribution is -2.50. The van der Waals surface area contributed by atoms with Crippen LogP contribution >= 0.6 is 12.4 Å². The van der Waals surface area contributed by atoms with Crippen molar-refractivity contribution in [1.82, 2.24) is 9.47 Å². The highest BCUT2D eigenvalue weighted by Gasteiger charge is 2.32.